The minimum Gasteiger partial charge on any atom is -0.398 e. The van der Waals surface area contributed by atoms with Crippen LogP contribution in [0.2, 0.25) is 0 Å². The Morgan fingerprint density at radius 1 is 1.16 bits per heavy atom. The predicted molar refractivity (Wildman–Crippen MR) is 124 cm³/mol. The second-order valence-corrected chi connectivity index (χ2v) is 9.03. The highest BCUT2D eigenvalue weighted by Gasteiger charge is 2.28. The summed E-state index contributed by atoms with van der Waals surface area (Å²) in [6.07, 6.45) is 0. The zero-order chi connectivity index (χ0) is 23.2. The summed E-state index contributed by atoms with van der Waals surface area (Å²) in [5, 5.41) is 8.35. The molecule has 0 heterocycles. The van der Waals surface area contributed by atoms with E-state index in [1.165, 1.54) is 26.3 Å². The third kappa shape index (κ3) is 6.05. The van der Waals surface area contributed by atoms with Gasteiger partial charge in [0.2, 0.25) is 0 Å². The smallest absolute Gasteiger partial charge is 0.273 e. The van der Waals surface area contributed by atoms with Gasteiger partial charge in [-0.25, -0.2) is 8.78 Å². The van der Waals surface area contributed by atoms with Crippen LogP contribution in [0.5, 0.6) is 0 Å². The molecule has 1 N–H and O–H groups in total. The third-order valence-electron chi connectivity index (χ3n) is 4.49. The number of amides is 1. The first-order chi connectivity index (χ1) is 14.6. The van der Waals surface area contributed by atoms with Gasteiger partial charge in [0.1, 0.15) is 19.5 Å². The molecule has 0 saturated heterocycles. The van der Waals surface area contributed by atoms with E-state index >= 15 is 0 Å². The largest absolute Gasteiger partial charge is 0.398 e. The van der Waals surface area contributed by atoms with Crippen molar-refractivity contribution >= 4 is 35.8 Å². The van der Waals surface area contributed by atoms with Gasteiger partial charge in [0, 0.05) is 29.3 Å². The molecule has 2 aromatic rings. The zero-order valence-corrected chi connectivity index (χ0v) is 20.0. The summed E-state index contributed by atoms with van der Waals surface area (Å²) in [6, 6.07) is 9.60. The van der Waals surface area contributed by atoms with E-state index in [-0.39, 0.29) is 23.4 Å². The number of hydrogen-bond acceptors (Lipinski definition) is 5. The lowest BCUT2D eigenvalue weighted by atomic mass is 9.98. The van der Waals surface area contributed by atoms with Crippen molar-refractivity contribution in [2.45, 2.75) is 25.6 Å². The van der Waals surface area contributed by atoms with E-state index in [0.717, 1.165) is 5.56 Å². The van der Waals surface area contributed by atoms with Gasteiger partial charge in [0.25, 0.3) is 5.91 Å². The van der Waals surface area contributed by atoms with Crippen molar-refractivity contribution in [3.8, 4) is 0 Å². The first kappa shape index (κ1) is 24.8. The fourth-order valence-electron chi connectivity index (χ4n) is 3.00. The van der Waals surface area contributed by atoms with Crippen LogP contribution in [0.4, 0.5) is 8.78 Å². The molecule has 10 heteroatoms. The van der Waals surface area contributed by atoms with Crippen LogP contribution in [0.25, 0.3) is 0 Å². The minimum atomic E-state index is -2.06. The Labute approximate surface area is 184 Å². The molecule has 0 aliphatic heterocycles. The summed E-state index contributed by atoms with van der Waals surface area (Å²) < 4.78 is 28.7. The molecule has 6 nitrogen and oxygen atoms in total. The first-order valence-corrected chi connectivity index (χ1v) is 10.4. The van der Waals surface area contributed by atoms with Crippen molar-refractivity contribution in [3.05, 3.63) is 70.0 Å². The number of alkyl halides is 1. The molecule has 0 aliphatic rings. The van der Waals surface area contributed by atoms with Crippen LogP contribution < -0.4 is 5.32 Å². The molecule has 0 radical (unpaired) electrons. The molecular formula is C21H25F2N3O3P2. The summed E-state index contributed by atoms with van der Waals surface area (Å²) in [6.45, 7) is 3.46. The summed E-state index contributed by atoms with van der Waals surface area (Å²) in [5.41, 5.74) is 2.57. The number of nitrogens with zero attached hydrogens (tertiary/aromatic N) is 2. The van der Waals surface area contributed by atoms with Gasteiger partial charge < -0.3 is 15.0 Å². The SMILES string of the molecule is CNC(=O)/C(=N/OC)c1cccc(C)c1CO/N=C(\C)c1cccc(F)c1C(F)(P)P. The van der Waals surface area contributed by atoms with Gasteiger partial charge in [0.15, 0.2) is 10.9 Å². The molecule has 0 fully saturated rings. The Morgan fingerprint density at radius 3 is 2.42 bits per heavy atom. The van der Waals surface area contributed by atoms with Crippen molar-refractivity contribution in [1.29, 1.82) is 0 Å². The standard InChI is InChI=1S/C21H25F2N3O3P2/c1-12-7-5-9-15(19(26-28-4)20(27)24-3)16(12)11-29-25-13(2)14-8-6-10-17(22)18(14)21(23,30)31/h5-10H,11,30-31H2,1-4H3,(H,24,27)/b25-13+,26-19+. The number of rotatable bonds is 8. The van der Waals surface area contributed by atoms with E-state index in [9.17, 15) is 13.6 Å². The van der Waals surface area contributed by atoms with E-state index in [4.69, 9.17) is 9.68 Å². The molecule has 166 valence electrons. The lowest BCUT2D eigenvalue weighted by molar-refractivity contribution is -0.114. The number of likely N-dealkylation sites (N-methyl/N-ethyl adjacent to an activating group) is 1. The van der Waals surface area contributed by atoms with Gasteiger partial charge in [-0.3, -0.25) is 4.79 Å². The highest BCUT2D eigenvalue weighted by atomic mass is 31.1. The van der Waals surface area contributed by atoms with Crippen LogP contribution in [0.15, 0.2) is 46.7 Å². The molecule has 0 bridgehead atoms. The molecule has 0 saturated carbocycles. The van der Waals surface area contributed by atoms with Crippen molar-refractivity contribution < 1.29 is 23.3 Å². The fraction of sp³-hybridized carbons (Fsp3) is 0.286. The highest BCUT2D eigenvalue weighted by Crippen LogP contribution is 2.43. The van der Waals surface area contributed by atoms with Gasteiger partial charge in [-0.2, -0.15) is 0 Å². The first-order valence-electron chi connectivity index (χ1n) is 9.26. The highest BCUT2D eigenvalue weighted by molar-refractivity contribution is 7.38. The minimum absolute atomic E-state index is 0.00619. The predicted octanol–water partition coefficient (Wildman–Crippen LogP) is 4.00. The molecule has 31 heavy (non-hydrogen) atoms. The summed E-state index contributed by atoms with van der Waals surface area (Å²) in [7, 11) is 6.75. The monoisotopic (exact) mass is 467 g/mol. The third-order valence-corrected chi connectivity index (χ3v) is 5.06. The topological polar surface area (TPSA) is 72.3 Å². The molecule has 0 aromatic heterocycles. The van der Waals surface area contributed by atoms with E-state index in [0.29, 0.717) is 16.8 Å². The average Bonchev–Trinajstić information content (AvgIpc) is 2.71. The number of carbonyl (C=O) groups is 1. The average molecular weight is 467 g/mol. The van der Waals surface area contributed by atoms with Crippen molar-refractivity contribution in [2.24, 2.45) is 10.3 Å². The normalized spacial score (nSPS) is 12.5. The Morgan fingerprint density at radius 2 is 1.81 bits per heavy atom. The maximum atomic E-state index is 14.5. The maximum Gasteiger partial charge on any atom is 0.273 e. The summed E-state index contributed by atoms with van der Waals surface area (Å²) >= 11 is 0. The van der Waals surface area contributed by atoms with E-state index in [2.05, 4.69) is 15.6 Å². The van der Waals surface area contributed by atoms with Gasteiger partial charge in [-0.1, -0.05) is 59.1 Å². The molecule has 1 amide bonds. The number of aryl methyl sites for hydroxylation is 1. The van der Waals surface area contributed by atoms with Gasteiger partial charge in [0.05, 0.1) is 5.71 Å². The van der Waals surface area contributed by atoms with Crippen LogP contribution in [-0.4, -0.2) is 31.5 Å². The zero-order valence-electron chi connectivity index (χ0n) is 17.7. The number of nitrogens with one attached hydrogen (secondary N) is 1. The van der Waals surface area contributed by atoms with E-state index in [1.807, 2.05) is 31.5 Å². The van der Waals surface area contributed by atoms with Crippen molar-refractivity contribution in [3.63, 3.8) is 0 Å². The maximum absolute atomic E-state index is 14.5. The van der Waals surface area contributed by atoms with Crippen LogP contribution >= 0.6 is 18.5 Å². The lowest BCUT2D eigenvalue weighted by Gasteiger charge is -2.19. The van der Waals surface area contributed by atoms with Gasteiger partial charge in [-0.15, -0.1) is 0 Å². The van der Waals surface area contributed by atoms with Crippen LogP contribution in [0, 0.1) is 12.7 Å². The molecule has 0 aliphatic carbocycles. The molecule has 0 spiro atoms. The second-order valence-electron chi connectivity index (χ2n) is 6.68. The molecule has 2 atom stereocenters. The van der Waals surface area contributed by atoms with Gasteiger partial charge >= 0.3 is 0 Å². The number of hydrogen-bond donors (Lipinski definition) is 1. The Bertz CT molecular complexity index is 1020. The van der Waals surface area contributed by atoms with Crippen LogP contribution in [-0.2, 0) is 26.2 Å². The Hall–Kier alpha value is -2.43. The quantitative estimate of drug-likeness (QED) is 0.363. The molecule has 2 unspecified atom stereocenters. The summed E-state index contributed by atoms with van der Waals surface area (Å²) in [4.78, 5) is 22.6. The van der Waals surface area contributed by atoms with Crippen LogP contribution in [0.1, 0.15) is 34.7 Å². The molecule has 2 aromatic carbocycles. The van der Waals surface area contributed by atoms with Gasteiger partial charge in [-0.05, 0) is 25.5 Å². The fourth-order valence-corrected chi connectivity index (χ4v) is 3.58. The lowest BCUT2D eigenvalue weighted by Crippen LogP contribution is -2.29. The molecule has 2 rings (SSSR count). The number of oxime groups is 2. The van der Waals surface area contributed by atoms with Crippen molar-refractivity contribution in [1.82, 2.24) is 5.32 Å². The Balaban J connectivity index is 2.37. The van der Waals surface area contributed by atoms with Crippen molar-refractivity contribution in [2.75, 3.05) is 14.2 Å². The number of halogens is 2. The number of benzene rings is 2. The Kier molecular flexibility index (Phi) is 8.60. The number of carbonyl (C=O) groups excluding carboxylic acids is 1. The van der Waals surface area contributed by atoms with Crippen LogP contribution in [0.3, 0.4) is 0 Å². The molecular weight excluding hydrogens is 442 g/mol. The second kappa shape index (κ2) is 10.7. The van der Waals surface area contributed by atoms with E-state index < -0.39 is 16.9 Å². The van der Waals surface area contributed by atoms with E-state index in [1.54, 1.807) is 25.1 Å². The summed E-state index contributed by atoms with van der Waals surface area (Å²) in [5.74, 6) is -1.11.